The van der Waals surface area contributed by atoms with Crippen LogP contribution >= 0.6 is 11.3 Å². The molecule has 2 N–H and O–H groups in total. The summed E-state index contributed by atoms with van der Waals surface area (Å²) in [5.74, 6) is -1.78. The van der Waals surface area contributed by atoms with Gasteiger partial charge in [0.15, 0.2) is 5.13 Å². The minimum absolute atomic E-state index is 0.268. The number of hydrogen-bond donors (Lipinski definition) is 2. The SMILES string of the molecule is CCOC(=O)c1sc(NCC(C)C(=O)O)nc1C. The molecular weight excluding hydrogens is 256 g/mol. The Labute approximate surface area is 109 Å². The maximum Gasteiger partial charge on any atom is 0.350 e. The first-order valence-electron chi connectivity index (χ1n) is 5.57. The van der Waals surface area contributed by atoms with Gasteiger partial charge in [0.25, 0.3) is 0 Å². The zero-order valence-electron chi connectivity index (χ0n) is 10.5. The molecule has 1 rings (SSSR count). The van der Waals surface area contributed by atoms with Crippen molar-refractivity contribution in [1.29, 1.82) is 0 Å². The van der Waals surface area contributed by atoms with Gasteiger partial charge >= 0.3 is 11.9 Å². The van der Waals surface area contributed by atoms with Crippen molar-refractivity contribution in [2.45, 2.75) is 20.8 Å². The highest BCUT2D eigenvalue weighted by molar-refractivity contribution is 7.17. The molecule has 0 aliphatic rings. The van der Waals surface area contributed by atoms with Crippen LogP contribution in [0.2, 0.25) is 0 Å². The van der Waals surface area contributed by atoms with Crippen molar-refractivity contribution in [2.75, 3.05) is 18.5 Å². The lowest BCUT2D eigenvalue weighted by atomic mass is 10.2. The van der Waals surface area contributed by atoms with Crippen molar-refractivity contribution in [1.82, 2.24) is 4.98 Å². The Morgan fingerprint density at radius 3 is 2.78 bits per heavy atom. The number of carbonyl (C=O) groups is 2. The summed E-state index contributed by atoms with van der Waals surface area (Å²) >= 11 is 1.17. The Morgan fingerprint density at radius 2 is 2.22 bits per heavy atom. The predicted octanol–water partition coefficient (Wildman–Crippen LogP) is 1.76. The van der Waals surface area contributed by atoms with E-state index in [1.807, 2.05) is 0 Å². The van der Waals surface area contributed by atoms with E-state index in [1.165, 1.54) is 11.3 Å². The fourth-order valence-corrected chi connectivity index (χ4v) is 2.05. The zero-order valence-corrected chi connectivity index (χ0v) is 11.3. The standard InChI is InChI=1S/C11H16N2O4S/c1-4-17-10(16)8-7(3)13-11(18-8)12-5-6(2)9(14)15/h6H,4-5H2,1-3H3,(H,12,13)(H,14,15). The van der Waals surface area contributed by atoms with Crippen molar-refractivity contribution in [3.8, 4) is 0 Å². The van der Waals surface area contributed by atoms with Crippen LogP contribution in [0.15, 0.2) is 0 Å². The van der Waals surface area contributed by atoms with Gasteiger partial charge in [0.05, 0.1) is 18.2 Å². The number of aliphatic carboxylic acids is 1. The number of nitrogens with zero attached hydrogens (tertiary/aromatic N) is 1. The summed E-state index contributed by atoms with van der Waals surface area (Å²) in [6.45, 7) is 5.64. The molecule has 1 heterocycles. The average molecular weight is 272 g/mol. The van der Waals surface area contributed by atoms with E-state index in [9.17, 15) is 9.59 Å². The summed E-state index contributed by atoms with van der Waals surface area (Å²) < 4.78 is 4.90. The predicted molar refractivity (Wildman–Crippen MR) is 68.1 cm³/mol. The van der Waals surface area contributed by atoms with E-state index in [2.05, 4.69) is 10.3 Å². The number of ether oxygens (including phenoxy) is 1. The van der Waals surface area contributed by atoms with Gasteiger partial charge in [-0.15, -0.1) is 0 Å². The number of carbonyl (C=O) groups excluding carboxylic acids is 1. The average Bonchev–Trinajstić information content (AvgIpc) is 2.67. The van der Waals surface area contributed by atoms with E-state index >= 15 is 0 Å². The third-order valence-electron chi connectivity index (χ3n) is 2.24. The second-order valence-corrected chi connectivity index (χ2v) is 4.77. The highest BCUT2D eigenvalue weighted by atomic mass is 32.1. The highest BCUT2D eigenvalue weighted by Crippen LogP contribution is 2.23. The van der Waals surface area contributed by atoms with Gasteiger partial charge in [0.1, 0.15) is 4.88 Å². The summed E-state index contributed by atoms with van der Waals surface area (Å²) in [6, 6.07) is 0. The van der Waals surface area contributed by atoms with Crippen molar-refractivity contribution >= 4 is 28.4 Å². The van der Waals surface area contributed by atoms with E-state index < -0.39 is 17.9 Å². The molecule has 0 saturated heterocycles. The fraction of sp³-hybridized carbons (Fsp3) is 0.545. The second kappa shape index (κ2) is 6.34. The Morgan fingerprint density at radius 1 is 1.56 bits per heavy atom. The number of aryl methyl sites for hydroxylation is 1. The van der Waals surface area contributed by atoms with Crippen LogP contribution in [0.1, 0.15) is 29.2 Å². The van der Waals surface area contributed by atoms with E-state index in [-0.39, 0.29) is 6.54 Å². The van der Waals surface area contributed by atoms with Gasteiger partial charge < -0.3 is 15.2 Å². The van der Waals surface area contributed by atoms with Gasteiger partial charge in [-0.2, -0.15) is 0 Å². The number of thiazole rings is 1. The number of hydrogen-bond acceptors (Lipinski definition) is 6. The lowest BCUT2D eigenvalue weighted by Gasteiger charge is -2.05. The molecule has 0 radical (unpaired) electrons. The Balaban J connectivity index is 2.66. The smallest absolute Gasteiger partial charge is 0.350 e. The molecule has 0 amide bonds. The fourth-order valence-electron chi connectivity index (χ4n) is 1.19. The molecule has 6 nitrogen and oxygen atoms in total. The van der Waals surface area contributed by atoms with Crippen LogP contribution in [0.3, 0.4) is 0 Å². The molecule has 100 valence electrons. The molecule has 1 atom stereocenters. The molecule has 7 heteroatoms. The molecule has 0 aromatic carbocycles. The molecule has 0 bridgehead atoms. The summed E-state index contributed by atoms with van der Waals surface area (Å²) in [5, 5.41) is 12.2. The minimum atomic E-state index is -0.874. The maximum atomic E-state index is 11.6. The Hall–Kier alpha value is -1.63. The van der Waals surface area contributed by atoms with Crippen LogP contribution in [0.4, 0.5) is 5.13 Å². The van der Waals surface area contributed by atoms with Gasteiger partial charge in [-0.1, -0.05) is 18.3 Å². The number of anilines is 1. The Bertz CT molecular complexity index is 444. The molecule has 1 aromatic heterocycles. The van der Waals surface area contributed by atoms with Crippen molar-refractivity contribution < 1.29 is 19.4 Å². The molecule has 0 aliphatic carbocycles. The molecular formula is C11H16N2O4S. The molecule has 0 fully saturated rings. The Kier molecular flexibility index (Phi) is 5.08. The van der Waals surface area contributed by atoms with Crippen LogP contribution in [-0.2, 0) is 9.53 Å². The molecule has 1 unspecified atom stereocenters. The lowest BCUT2D eigenvalue weighted by molar-refractivity contribution is -0.140. The number of carboxylic acid groups (broad SMARTS) is 1. The maximum absolute atomic E-state index is 11.6. The van der Waals surface area contributed by atoms with Crippen molar-refractivity contribution in [3.05, 3.63) is 10.6 Å². The first-order valence-corrected chi connectivity index (χ1v) is 6.38. The molecule has 0 aliphatic heterocycles. The van der Waals surface area contributed by atoms with E-state index in [0.717, 1.165) is 0 Å². The van der Waals surface area contributed by atoms with Crippen LogP contribution in [0, 0.1) is 12.8 Å². The number of esters is 1. The van der Waals surface area contributed by atoms with Crippen molar-refractivity contribution in [3.63, 3.8) is 0 Å². The van der Waals surface area contributed by atoms with Gasteiger partial charge in [-0.25, -0.2) is 9.78 Å². The number of aromatic nitrogens is 1. The van der Waals surface area contributed by atoms with E-state index in [0.29, 0.717) is 22.3 Å². The van der Waals surface area contributed by atoms with E-state index in [1.54, 1.807) is 20.8 Å². The first-order chi connectivity index (χ1) is 8.45. The van der Waals surface area contributed by atoms with E-state index in [4.69, 9.17) is 9.84 Å². The quantitative estimate of drug-likeness (QED) is 0.767. The minimum Gasteiger partial charge on any atom is -0.481 e. The van der Waals surface area contributed by atoms with Crippen LogP contribution in [0.25, 0.3) is 0 Å². The number of nitrogens with one attached hydrogen (secondary N) is 1. The van der Waals surface area contributed by atoms with Crippen LogP contribution in [0.5, 0.6) is 0 Å². The largest absolute Gasteiger partial charge is 0.481 e. The molecule has 18 heavy (non-hydrogen) atoms. The molecule has 0 saturated carbocycles. The third kappa shape index (κ3) is 3.69. The lowest BCUT2D eigenvalue weighted by Crippen LogP contribution is -2.19. The monoisotopic (exact) mass is 272 g/mol. The molecule has 0 spiro atoms. The summed E-state index contributed by atoms with van der Waals surface area (Å²) in [6.07, 6.45) is 0. The third-order valence-corrected chi connectivity index (χ3v) is 3.33. The summed E-state index contributed by atoms with van der Waals surface area (Å²) in [7, 11) is 0. The van der Waals surface area contributed by atoms with Crippen molar-refractivity contribution in [2.24, 2.45) is 5.92 Å². The topological polar surface area (TPSA) is 88.5 Å². The van der Waals surface area contributed by atoms with Gasteiger partial charge in [-0.3, -0.25) is 4.79 Å². The van der Waals surface area contributed by atoms with Crippen LogP contribution < -0.4 is 5.32 Å². The highest BCUT2D eigenvalue weighted by Gasteiger charge is 2.17. The normalized spacial score (nSPS) is 11.9. The van der Waals surface area contributed by atoms with Gasteiger partial charge in [0.2, 0.25) is 0 Å². The number of carboxylic acids is 1. The first kappa shape index (κ1) is 14.4. The molecule has 1 aromatic rings. The summed E-state index contributed by atoms with van der Waals surface area (Å²) in [4.78, 5) is 26.8. The van der Waals surface area contributed by atoms with Gasteiger partial charge in [-0.05, 0) is 13.8 Å². The van der Waals surface area contributed by atoms with Gasteiger partial charge in [0, 0.05) is 6.54 Å². The zero-order chi connectivity index (χ0) is 13.7. The van der Waals surface area contributed by atoms with Crippen LogP contribution in [-0.4, -0.2) is 35.2 Å². The second-order valence-electron chi connectivity index (χ2n) is 3.77. The number of rotatable bonds is 6. The summed E-state index contributed by atoms with van der Waals surface area (Å²) in [5.41, 5.74) is 0.587.